The number of alkyl halides is 3. The van der Waals surface area contributed by atoms with Gasteiger partial charge in [-0.15, -0.1) is 11.3 Å². The average Bonchev–Trinajstić information content (AvgIpc) is 3.69. The Morgan fingerprint density at radius 1 is 1.13 bits per heavy atom. The second kappa shape index (κ2) is 21.8. The van der Waals surface area contributed by atoms with E-state index in [0.29, 0.717) is 36.4 Å². The van der Waals surface area contributed by atoms with Crippen molar-refractivity contribution >= 4 is 41.0 Å². The minimum absolute atomic E-state index is 0.00684. The molecule has 4 rings (SSSR count). The molecule has 1 fully saturated rings. The summed E-state index contributed by atoms with van der Waals surface area (Å²) >= 11 is 1.09. The van der Waals surface area contributed by atoms with Crippen LogP contribution in [0.5, 0.6) is 0 Å². The molecule has 0 spiro atoms. The lowest BCUT2D eigenvalue weighted by Gasteiger charge is -2.40. The van der Waals surface area contributed by atoms with E-state index in [1.165, 1.54) is 18.4 Å². The topological polar surface area (TPSA) is 158 Å². The van der Waals surface area contributed by atoms with Crippen LogP contribution in [0.4, 0.5) is 13.2 Å². The highest BCUT2D eigenvalue weighted by Crippen LogP contribution is 2.38. The van der Waals surface area contributed by atoms with Gasteiger partial charge >= 0.3 is 18.1 Å². The Morgan fingerprint density at radius 2 is 1.87 bits per heavy atom. The number of ether oxygens (including phenoxy) is 1. The number of aliphatic carboxylic acids is 1. The average molecular weight is 860 g/mol. The molecular weight excluding hydrogens is 800 g/mol. The molecule has 1 aromatic heterocycles. The fraction of sp³-hybridized carbons (Fsp3) is 0.591. The number of nitrogens with zero attached hydrogens (tertiary/aromatic N) is 3. The summed E-state index contributed by atoms with van der Waals surface area (Å²) in [6.07, 6.45) is 6.01. The molecule has 3 amide bonds. The summed E-state index contributed by atoms with van der Waals surface area (Å²) in [5.41, 5.74) is -0.481. The van der Waals surface area contributed by atoms with Gasteiger partial charge in [-0.2, -0.15) is 13.2 Å². The number of hydrogen-bond donors (Lipinski definition) is 3. The number of benzene rings is 1. The first kappa shape index (κ1) is 48.1. The molecule has 7 atom stereocenters. The highest BCUT2D eigenvalue weighted by molar-refractivity contribution is 7.09. The van der Waals surface area contributed by atoms with Crippen molar-refractivity contribution in [1.82, 2.24) is 25.4 Å². The predicted molar refractivity (Wildman–Crippen MR) is 223 cm³/mol. The molecule has 1 aliphatic carbocycles. The van der Waals surface area contributed by atoms with Crippen LogP contribution in [-0.2, 0) is 36.5 Å². The monoisotopic (exact) mass is 859 g/mol. The number of amides is 3. The zero-order valence-electron chi connectivity index (χ0n) is 35.6. The first-order valence-corrected chi connectivity index (χ1v) is 21.7. The molecule has 60 heavy (non-hydrogen) atoms. The Kier molecular flexibility index (Phi) is 17.5. The van der Waals surface area contributed by atoms with Crippen LogP contribution in [0.3, 0.4) is 0 Å². The van der Waals surface area contributed by atoms with Crippen LogP contribution >= 0.6 is 11.3 Å². The number of thiazole rings is 1. The first-order chi connectivity index (χ1) is 28.4. The summed E-state index contributed by atoms with van der Waals surface area (Å²) in [7, 11) is 1.92. The molecular formula is C44H60F3N5O7S. The summed E-state index contributed by atoms with van der Waals surface area (Å²) in [5.74, 6) is -4.52. The van der Waals surface area contributed by atoms with Crippen LogP contribution in [-0.4, -0.2) is 93.9 Å². The Balaban J connectivity index is 1.60. The van der Waals surface area contributed by atoms with Gasteiger partial charge in [0.15, 0.2) is 6.10 Å². The number of nitrogens with one attached hydrogen (secondary N) is 2. The highest BCUT2D eigenvalue weighted by atomic mass is 32.1. The van der Waals surface area contributed by atoms with Gasteiger partial charge in [-0.25, -0.2) is 4.98 Å². The fourth-order valence-electron chi connectivity index (χ4n) is 8.02. The van der Waals surface area contributed by atoms with Crippen molar-refractivity contribution < 1.29 is 47.0 Å². The molecule has 330 valence electrons. The molecule has 2 heterocycles. The molecule has 1 aromatic carbocycles. The normalized spacial score (nSPS) is 20.6. The molecule has 0 unspecified atom stereocenters. The van der Waals surface area contributed by atoms with Gasteiger partial charge in [-0.05, 0) is 87.7 Å². The lowest BCUT2D eigenvalue weighted by atomic mass is 9.79. The number of fused-ring (bicyclic) bond motifs is 1. The van der Waals surface area contributed by atoms with E-state index in [2.05, 4.69) is 15.6 Å². The van der Waals surface area contributed by atoms with E-state index in [-0.39, 0.29) is 60.2 Å². The largest absolute Gasteiger partial charge is 0.481 e. The standard InChI is InChI=1S/C44H60F3N5O7S/c1-8-10-11-12-14-20-52(42(56)38(27(5)9-2)50-40(55)35-16-13-15-19-51(35)7)36(26(3)4)24-37(59-28(6)53)41-49-34(25-60-41)39(54)48-31-21-29-17-18-30(44(45,46)47)22-32(29)33(23-31)43(57)58/h8,10-12,17-18,22,25-27,31,33,35-38H,9,13-16,19-21,23-24H2,1-7H3,(H,48,54)(H,50,55)(H,57,58)/b10-8-,12-11-/t27-,31-,33+,35+,36+,37+,38-/m0/s1. The van der Waals surface area contributed by atoms with E-state index in [9.17, 15) is 42.3 Å². The zero-order chi connectivity index (χ0) is 44.3. The smallest absolute Gasteiger partial charge is 0.416 e. The van der Waals surface area contributed by atoms with Crippen LogP contribution in [0, 0.1) is 11.8 Å². The third-order valence-electron chi connectivity index (χ3n) is 11.5. The van der Waals surface area contributed by atoms with Crippen molar-refractivity contribution in [1.29, 1.82) is 0 Å². The summed E-state index contributed by atoms with van der Waals surface area (Å²) in [6.45, 7) is 12.2. The van der Waals surface area contributed by atoms with Crippen LogP contribution < -0.4 is 10.6 Å². The number of carbonyl (C=O) groups excluding carboxylic acids is 4. The van der Waals surface area contributed by atoms with E-state index in [1.807, 2.05) is 70.9 Å². The van der Waals surface area contributed by atoms with E-state index < -0.39 is 59.7 Å². The summed E-state index contributed by atoms with van der Waals surface area (Å²) in [6, 6.07) is 0.682. The maximum Gasteiger partial charge on any atom is 0.416 e. The third-order valence-corrected chi connectivity index (χ3v) is 12.5. The molecule has 1 aliphatic heterocycles. The van der Waals surface area contributed by atoms with Crippen molar-refractivity contribution in [2.24, 2.45) is 11.8 Å². The lowest BCUT2D eigenvalue weighted by molar-refractivity contribution is -0.150. The fourth-order valence-corrected chi connectivity index (χ4v) is 8.86. The van der Waals surface area contributed by atoms with Crippen LogP contribution in [0.25, 0.3) is 0 Å². The number of allylic oxidation sites excluding steroid dienone is 3. The van der Waals surface area contributed by atoms with Crippen LogP contribution in [0.15, 0.2) is 47.9 Å². The van der Waals surface area contributed by atoms with E-state index in [4.69, 9.17) is 4.74 Å². The van der Waals surface area contributed by atoms with Crippen molar-refractivity contribution in [3.8, 4) is 0 Å². The second-order valence-electron chi connectivity index (χ2n) is 16.3. The third kappa shape index (κ3) is 12.7. The summed E-state index contributed by atoms with van der Waals surface area (Å²) in [4.78, 5) is 75.3. The minimum Gasteiger partial charge on any atom is -0.481 e. The molecule has 16 heteroatoms. The molecule has 2 aliphatic rings. The molecule has 1 saturated heterocycles. The number of halogens is 3. The Morgan fingerprint density at radius 3 is 2.48 bits per heavy atom. The van der Waals surface area contributed by atoms with Crippen LogP contribution in [0.1, 0.15) is 131 Å². The molecule has 0 bridgehead atoms. The van der Waals surface area contributed by atoms with E-state index in [0.717, 1.165) is 42.9 Å². The number of carboxylic acids is 1. The Hall–Kier alpha value is -4.57. The van der Waals surface area contributed by atoms with Gasteiger partial charge < -0.3 is 25.4 Å². The number of rotatable bonds is 18. The first-order valence-electron chi connectivity index (χ1n) is 20.8. The molecule has 12 nitrogen and oxygen atoms in total. The van der Waals surface area contributed by atoms with Crippen molar-refractivity contribution in [2.75, 3.05) is 20.1 Å². The van der Waals surface area contributed by atoms with E-state index in [1.54, 1.807) is 4.90 Å². The van der Waals surface area contributed by atoms with Gasteiger partial charge in [0.2, 0.25) is 11.8 Å². The Labute approximate surface area is 355 Å². The van der Waals surface area contributed by atoms with Gasteiger partial charge in [0.1, 0.15) is 16.7 Å². The van der Waals surface area contributed by atoms with Gasteiger partial charge in [0.05, 0.1) is 17.5 Å². The zero-order valence-corrected chi connectivity index (χ0v) is 36.4. The lowest BCUT2D eigenvalue weighted by Crippen LogP contribution is -2.58. The second-order valence-corrected chi connectivity index (χ2v) is 17.2. The number of hydrogen-bond acceptors (Lipinski definition) is 9. The highest BCUT2D eigenvalue weighted by Gasteiger charge is 2.40. The quantitative estimate of drug-likeness (QED) is 0.102. The molecule has 0 saturated carbocycles. The van der Waals surface area contributed by atoms with Gasteiger partial charge in [-0.3, -0.25) is 28.9 Å². The van der Waals surface area contributed by atoms with Gasteiger partial charge in [-0.1, -0.05) is 70.9 Å². The number of esters is 1. The number of piperidine rings is 1. The van der Waals surface area contributed by atoms with Crippen molar-refractivity contribution in [2.45, 2.75) is 135 Å². The maximum absolute atomic E-state index is 14.8. The Bertz CT molecular complexity index is 1880. The minimum atomic E-state index is -4.64. The van der Waals surface area contributed by atoms with Gasteiger partial charge in [0, 0.05) is 37.4 Å². The van der Waals surface area contributed by atoms with Crippen molar-refractivity contribution in [3.05, 3.63) is 75.3 Å². The number of likely N-dealkylation sites (N-methyl/N-ethyl adjacent to an activating group) is 1. The molecule has 2 aromatic rings. The maximum atomic E-state index is 14.8. The molecule has 0 radical (unpaired) electrons. The number of carbonyl (C=O) groups is 5. The number of likely N-dealkylation sites (tertiary alicyclic amines) is 1. The predicted octanol–water partition coefficient (Wildman–Crippen LogP) is 7.46. The summed E-state index contributed by atoms with van der Waals surface area (Å²) in [5, 5.41) is 17.7. The number of aromatic nitrogens is 1. The summed E-state index contributed by atoms with van der Waals surface area (Å²) < 4.78 is 46.1. The van der Waals surface area contributed by atoms with Crippen molar-refractivity contribution in [3.63, 3.8) is 0 Å². The molecule has 3 N–H and O–H groups in total. The SMILES string of the molecule is C/C=C\C=C/CCN(C(=O)[C@@H](NC(=O)[C@H]1CCCCN1C)[C@@H](C)CC)[C@H](C[C@@H](OC(C)=O)c1nc(C(=O)N[C@H]2Cc3ccc(C(F)(F)F)cc3[C@H](C(=O)O)C2)cs1)C(C)C. The van der Waals surface area contributed by atoms with Crippen LogP contribution in [0.2, 0.25) is 0 Å². The van der Waals surface area contributed by atoms with Gasteiger partial charge in [0.25, 0.3) is 5.91 Å². The number of carboxylic acid groups (broad SMARTS) is 1. The van der Waals surface area contributed by atoms with E-state index >= 15 is 0 Å².